The lowest BCUT2D eigenvalue weighted by Crippen LogP contribution is -2.05. The second-order valence-electron chi connectivity index (χ2n) is 4.18. The van der Waals surface area contributed by atoms with Gasteiger partial charge in [0.15, 0.2) is 11.6 Å². The second-order valence-corrected chi connectivity index (χ2v) is 5.03. The van der Waals surface area contributed by atoms with Crippen molar-refractivity contribution in [3.05, 3.63) is 57.8 Å². The Labute approximate surface area is 129 Å². The standard InChI is InChI=1S/C15H12BrFO4/c1-20-13-6-5-9(7-11(13)16)8-21-14-10(15(18)19)3-2-4-12(14)17/h2-7H,8H2,1H3,(H,18,19). The van der Waals surface area contributed by atoms with Crippen LogP contribution in [0.3, 0.4) is 0 Å². The van der Waals surface area contributed by atoms with Crippen LogP contribution in [0.1, 0.15) is 15.9 Å². The molecule has 0 atom stereocenters. The Morgan fingerprint density at radius 3 is 2.71 bits per heavy atom. The van der Waals surface area contributed by atoms with Crippen molar-refractivity contribution in [1.82, 2.24) is 0 Å². The number of para-hydroxylation sites is 1. The normalized spacial score (nSPS) is 10.2. The molecule has 1 N–H and O–H groups in total. The fourth-order valence-electron chi connectivity index (χ4n) is 1.78. The molecule has 0 radical (unpaired) electrons. The van der Waals surface area contributed by atoms with E-state index in [4.69, 9.17) is 14.6 Å². The number of hydrogen-bond donors (Lipinski definition) is 1. The number of halogens is 2. The van der Waals surface area contributed by atoms with Crippen LogP contribution in [0.25, 0.3) is 0 Å². The monoisotopic (exact) mass is 354 g/mol. The predicted octanol–water partition coefficient (Wildman–Crippen LogP) is 3.87. The molecular formula is C15H12BrFO4. The summed E-state index contributed by atoms with van der Waals surface area (Å²) in [5, 5.41) is 9.03. The lowest BCUT2D eigenvalue weighted by molar-refractivity contribution is 0.0690. The van der Waals surface area contributed by atoms with Crippen molar-refractivity contribution in [3.63, 3.8) is 0 Å². The van der Waals surface area contributed by atoms with Crippen molar-refractivity contribution >= 4 is 21.9 Å². The van der Waals surface area contributed by atoms with Crippen LogP contribution in [0.5, 0.6) is 11.5 Å². The zero-order chi connectivity index (χ0) is 15.4. The van der Waals surface area contributed by atoms with Gasteiger partial charge in [-0.1, -0.05) is 12.1 Å². The minimum absolute atomic E-state index is 0.0454. The summed E-state index contributed by atoms with van der Waals surface area (Å²) in [6, 6.07) is 9.04. The first-order chi connectivity index (χ1) is 10.0. The van der Waals surface area contributed by atoms with E-state index in [1.54, 1.807) is 25.3 Å². The number of hydrogen-bond acceptors (Lipinski definition) is 3. The van der Waals surface area contributed by atoms with Gasteiger partial charge in [0.25, 0.3) is 0 Å². The Morgan fingerprint density at radius 2 is 2.10 bits per heavy atom. The van der Waals surface area contributed by atoms with Gasteiger partial charge < -0.3 is 14.6 Å². The van der Waals surface area contributed by atoms with Crippen molar-refractivity contribution in [2.45, 2.75) is 6.61 Å². The van der Waals surface area contributed by atoms with Crippen molar-refractivity contribution in [3.8, 4) is 11.5 Å². The summed E-state index contributed by atoms with van der Waals surface area (Å²) in [6.45, 7) is 0.0454. The topological polar surface area (TPSA) is 55.8 Å². The van der Waals surface area contributed by atoms with Gasteiger partial charge in [0.05, 0.1) is 11.6 Å². The molecular weight excluding hydrogens is 343 g/mol. The molecule has 6 heteroatoms. The molecule has 0 aromatic heterocycles. The Balaban J connectivity index is 2.20. The summed E-state index contributed by atoms with van der Waals surface area (Å²) < 4.78 is 24.9. The first kappa shape index (κ1) is 15.3. The summed E-state index contributed by atoms with van der Waals surface area (Å²) in [5.41, 5.74) is 0.546. The fraction of sp³-hybridized carbons (Fsp3) is 0.133. The van der Waals surface area contributed by atoms with Gasteiger partial charge in [0.1, 0.15) is 17.9 Å². The Morgan fingerprint density at radius 1 is 1.33 bits per heavy atom. The molecule has 0 saturated heterocycles. The van der Waals surface area contributed by atoms with E-state index in [0.717, 1.165) is 16.1 Å². The highest BCUT2D eigenvalue weighted by Gasteiger charge is 2.15. The summed E-state index contributed by atoms with van der Waals surface area (Å²) in [4.78, 5) is 11.1. The van der Waals surface area contributed by atoms with E-state index < -0.39 is 11.8 Å². The fourth-order valence-corrected chi connectivity index (χ4v) is 2.37. The van der Waals surface area contributed by atoms with Crippen molar-refractivity contribution < 1.29 is 23.8 Å². The first-order valence-corrected chi connectivity index (χ1v) is 6.79. The van der Waals surface area contributed by atoms with Gasteiger partial charge in [0, 0.05) is 0 Å². The van der Waals surface area contributed by atoms with Gasteiger partial charge in [-0.2, -0.15) is 0 Å². The summed E-state index contributed by atoms with van der Waals surface area (Å²) in [7, 11) is 1.55. The Bertz CT molecular complexity index is 673. The van der Waals surface area contributed by atoms with Gasteiger partial charge in [-0.15, -0.1) is 0 Å². The Kier molecular flexibility index (Phi) is 4.80. The molecule has 0 bridgehead atoms. The number of carbonyl (C=O) groups is 1. The molecule has 4 nitrogen and oxygen atoms in total. The maximum Gasteiger partial charge on any atom is 0.339 e. The number of ether oxygens (including phenoxy) is 2. The van der Waals surface area contributed by atoms with Gasteiger partial charge in [-0.25, -0.2) is 9.18 Å². The van der Waals surface area contributed by atoms with Crippen molar-refractivity contribution in [2.24, 2.45) is 0 Å². The van der Waals surface area contributed by atoms with E-state index in [2.05, 4.69) is 15.9 Å². The molecule has 0 fully saturated rings. The highest BCUT2D eigenvalue weighted by molar-refractivity contribution is 9.10. The van der Waals surface area contributed by atoms with E-state index in [1.807, 2.05) is 0 Å². The summed E-state index contributed by atoms with van der Waals surface area (Å²) >= 11 is 3.34. The minimum Gasteiger partial charge on any atom is -0.496 e. The van der Waals surface area contributed by atoms with Gasteiger partial charge in [-0.3, -0.25) is 0 Å². The van der Waals surface area contributed by atoms with E-state index in [1.165, 1.54) is 12.1 Å². The average Bonchev–Trinajstić information content (AvgIpc) is 2.45. The SMILES string of the molecule is COc1ccc(COc2c(F)cccc2C(=O)O)cc1Br. The molecule has 0 amide bonds. The average molecular weight is 355 g/mol. The van der Waals surface area contributed by atoms with Crippen LogP contribution in [0.4, 0.5) is 4.39 Å². The van der Waals surface area contributed by atoms with Gasteiger partial charge >= 0.3 is 5.97 Å². The largest absolute Gasteiger partial charge is 0.496 e. The van der Waals surface area contributed by atoms with Gasteiger partial charge in [-0.05, 0) is 45.8 Å². The van der Waals surface area contributed by atoms with Crippen LogP contribution in [0.15, 0.2) is 40.9 Å². The van der Waals surface area contributed by atoms with Crippen LogP contribution < -0.4 is 9.47 Å². The molecule has 2 rings (SSSR count). The molecule has 0 aliphatic heterocycles. The molecule has 0 saturated carbocycles. The van der Waals surface area contributed by atoms with E-state index >= 15 is 0 Å². The van der Waals surface area contributed by atoms with Crippen LogP contribution in [0, 0.1) is 5.82 Å². The zero-order valence-corrected chi connectivity index (χ0v) is 12.7. The van der Waals surface area contributed by atoms with E-state index in [0.29, 0.717) is 5.75 Å². The number of methoxy groups -OCH3 is 1. The first-order valence-electron chi connectivity index (χ1n) is 6.00. The van der Waals surface area contributed by atoms with Crippen LogP contribution >= 0.6 is 15.9 Å². The lowest BCUT2D eigenvalue weighted by atomic mass is 10.2. The third kappa shape index (κ3) is 3.52. The molecule has 21 heavy (non-hydrogen) atoms. The molecule has 0 heterocycles. The molecule has 110 valence electrons. The minimum atomic E-state index is -1.24. The van der Waals surface area contributed by atoms with E-state index in [9.17, 15) is 9.18 Å². The Hall–Kier alpha value is -2.08. The van der Waals surface area contributed by atoms with Crippen molar-refractivity contribution in [1.29, 1.82) is 0 Å². The smallest absolute Gasteiger partial charge is 0.339 e. The lowest BCUT2D eigenvalue weighted by Gasteiger charge is -2.11. The maximum atomic E-state index is 13.7. The highest BCUT2D eigenvalue weighted by Crippen LogP contribution is 2.27. The molecule has 0 aliphatic carbocycles. The number of aromatic carboxylic acids is 1. The zero-order valence-electron chi connectivity index (χ0n) is 11.1. The number of benzene rings is 2. The quantitative estimate of drug-likeness (QED) is 0.885. The molecule has 0 unspecified atom stereocenters. The molecule has 2 aromatic rings. The third-order valence-corrected chi connectivity index (χ3v) is 3.42. The highest BCUT2D eigenvalue weighted by atomic mass is 79.9. The predicted molar refractivity (Wildman–Crippen MR) is 78.4 cm³/mol. The maximum absolute atomic E-state index is 13.7. The van der Waals surface area contributed by atoms with Crippen LogP contribution in [0.2, 0.25) is 0 Å². The van der Waals surface area contributed by atoms with Crippen LogP contribution in [-0.2, 0) is 6.61 Å². The summed E-state index contributed by atoms with van der Waals surface area (Å²) in [6.07, 6.45) is 0. The number of carboxylic acids is 1. The molecule has 0 spiro atoms. The summed E-state index contributed by atoms with van der Waals surface area (Å²) in [5.74, 6) is -1.55. The van der Waals surface area contributed by atoms with E-state index in [-0.39, 0.29) is 17.9 Å². The van der Waals surface area contributed by atoms with Crippen LogP contribution in [-0.4, -0.2) is 18.2 Å². The van der Waals surface area contributed by atoms with Gasteiger partial charge in [0.2, 0.25) is 0 Å². The molecule has 0 aliphatic rings. The second kappa shape index (κ2) is 6.58. The third-order valence-electron chi connectivity index (χ3n) is 2.80. The van der Waals surface area contributed by atoms with Crippen molar-refractivity contribution in [2.75, 3.05) is 7.11 Å². The number of carboxylic acid groups (broad SMARTS) is 1. The number of rotatable bonds is 5. The molecule has 2 aromatic carbocycles.